The number of carbonyl (C=O) groups excluding carboxylic acids is 2. The summed E-state index contributed by atoms with van der Waals surface area (Å²) in [6.07, 6.45) is 13.6. The van der Waals surface area contributed by atoms with Crippen molar-refractivity contribution in [3.63, 3.8) is 0 Å². The Bertz CT molecular complexity index is 433. The molecule has 1 N–H and O–H groups in total. The molecule has 3 rings (SSSR count). The van der Waals surface area contributed by atoms with E-state index in [0.29, 0.717) is 18.4 Å². The van der Waals surface area contributed by atoms with Crippen molar-refractivity contribution in [2.24, 2.45) is 5.92 Å². The number of fused-ring (bicyclic) bond motifs is 2. The molecule has 3 aliphatic rings. The van der Waals surface area contributed by atoms with Crippen LogP contribution < -0.4 is 5.32 Å². The summed E-state index contributed by atoms with van der Waals surface area (Å²) in [4.78, 5) is 26.5. The van der Waals surface area contributed by atoms with Crippen LogP contribution in [0.15, 0.2) is 12.2 Å². The minimum atomic E-state index is -0.215. The third kappa shape index (κ3) is 3.66. The maximum Gasteiger partial charge on any atom is 0.243 e. The lowest BCUT2D eigenvalue weighted by atomic mass is 10.1. The van der Waals surface area contributed by atoms with Gasteiger partial charge in [0.15, 0.2) is 0 Å². The van der Waals surface area contributed by atoms with E-state index in [-0.39, 0.29) is 17.9 Å². The Labute approximate surface area is 127 Å². The molecule has 1 saturated carbocycles. The van der Waals surface area contributed by atoms with Gasteiger partial charge in [0.1, 0.15) is 6.04 Å². The Balaban J connectivity index is 1.64. The zero-order chi connectivity index (χ0) is 14.7. The summed E-state index contributed by atoms with van der Waals surface area (Å²) in [5, 5.41) is 3.13. The highest BCUT2D eigenvalue weighted by atomic mass is 16.2. The minimum absolute atomic E-state index is 0.0663. The van der Waals surface area contributed by atoms with E-state index in [4.69, 9.17) is 0 Å². The highest BCUT2D eigenvalue weighted by molar-refractivity contribution is 5.88. The van der Waals surface area contributed by atoms with Gasteiger partial charge in [-0.1, -0.05) is 25.0 Å². The predicted octanol–water partition coefficient (Wildman–Crippen LogP) is 2.39. The number of allylic oxidation sites excluding steroid dienone is 1. The molecule has 1 aliphatic carbocycles. The van der Waals surface area contributed by atoms with E-state index in [2.05, 4.69) is 17.5 Å². The molecule has 2 fully saturated rings. The van der Waals surface area contributed by atoms with Crippen LogP contribution in [0.25, 0.3) is 0 Å². The van der Waals surface area contributed by atoms with Gasteiger partial charge in [0.25, 0.3) is 0 Å². The number of amides is 2. The van der Waals surface area contributed by atoms with Crippen molar-refractivity contribution in [3.8, 4) is 0 Å². The van der Waals surface area contributed by atoms with Crippen LogP contribution >= 0.6 is 0 Å². The maximum absolute atomic E-state index is 12.4. The summed E-state index contributed by atoms with van der Waals surface area (Å²) in [7, 11) is 0. The molecule has 1 saturated heterocycles. The zero-order valence-corrected chi connectivity index (χ0v) is 12.7. The summed E-state index contributed by atoms with van der Waals surface area (Å²) in [5.41, 5.74) is 0. The van der Waals surface area contributed by atoms with Crippen LogP contribution in [0.4, 0.5) is 0 Å². The number of carbonyl (C=O) groups is 2. The molecule has 4 heteroatoms. The summed E-state index contributed by atoms with van der Waals surface area (Å²) in [6.45, 7) is 0.755. The Morgan fingerprint density at radius 2 is 1.95 bits per heavy atom. The molecule has 0 spiro atoms. The number of hydrogen-bond acceptors (Lipinski definition) is 2. The first-order valence-electron chi connectivity index (χ1n) is 8.52. The van der Waals surface area contributed by atoms with E-state index in [1.165, 1.54) is 12.8 Å². The largest absolute Gasteiger partial charge is 0.351 e. The molecule has 0 aromatic heterocycles. The van der Waals surface area contributed by atoms with Gasteiger partial charge in [-0.2, -0.15) is 0 Å². The van der Waals surface area contributed by atoms with Gasteiger partial charge in [-0.3, -0.25) is 9.59 Å². The third-order valence-electron chi connectivity index (χ3n) is 4.94. The number of hydrogen-bond donors (Lipinski definition) is 1. The van der Waals surface area contributed by atoms with Crippen LogP contribution in [0, 0.1) is 5.92 Å². The Morgan fingerprint density at radius 1 is 1.10 bits per heavy atom. The van der Waals surface area contributed by atoms with Gasteiger partial charge >= 0.3 is 0 Å². The fourth-order valence-corrected chi connectivity index (χ4v) is 3.52. The van der Waals surface area contributed by atoms with E-state index in [9.17, 15) is 9.59 Å². The Morgan fingerprint density at radius 3 is 2.86 bits per heavy atom. The van der Waals surface area contributed by atoms with Crippen molar-refractivity contribution in [2.75, 3.05) is 6.54 Å². The monoisotopic (exact) mass is 290 g/mol. The van der Waals surface area contributed by atoms with Gasteiger partial charge < -0.3 is 10.2 Å². The van der Waals surface area contributed by atoms with Crippen LogP contribution in [0.3, 0.4) is 0 Å². The average molecular weight is 290 g/mol. The predicted molar refractivity (Wildman–Crippen MR) is 81.6 cm³/mol. The van der Waals surface area contributed by atoms with Gasteiger partial charge in [-0.05, 0) is 44.4 Å². The highest BCUT2D eigenvalue weighted by Crippen LogP contribution is 2.32. The topological polar surface area (TPSA) is 49.4 Å². The van der Waals surface area contributed by atoms with E-state index in [1.54, 1.807) is 0 Å². The molecule has 0 aromatic rings. The van der Waals surface area contributed by atoms with E-state index < -0.39 is 0 Å². The first kappa shape index (κ1) is 14.6. The molecule has 0 radical (unpaired) electrons. The van der Waals surface area contributed by atoms with Gasteiger partial charge in [-0.25, -0.2) is 0 Å². The van der Waals surface area contributed by atoms with Crippen LogP contribution in [-0.4, -0.2) is 35.3 Å². The zero-order valence-electron chi connectivity index (χ0n) is 12.7. The normalized spacial score (nSPS) is 36.0. The quantitative estimate of drug-likeness (QED) is 0.696. The molecule has 3 atom stereocenters. The summed E-state index contributed by atoms with van der Waals surface area (Å²) in [5.74, 6) is 0.759. The summed E-state index contributed by atoms with van der Waals surface area (Å²) >= 11 is 0. The van der Waals surface area contributed by atoms with Crippen LogP contribution in [0.2, 0.25) is 0 Å². The van der Waals surface area contributed by atoms with Gasteiger partial charge in [0.2, 0.25) is 11.8 Å². The van der Waals surface area contributed by atoms with Gasteiger partial charge in [0.05, 0.1) is 0 Å². The first-order chi connectivity index (χ1) is 10.3. The lowest BCUT2D eigenvalue weighted by Crippen LogP contribution is -2.46. The van der Waals surface area contributed by atoms with Crippen LogP contribution in [-0.2, 0) is 9.59 Å². The third-order valence-corrected chi connectivity index (χ3v) is 4.94. The highest BCUT2D eigenvalue weighted by Gasteiger charge is 2.40. The van der Waals surface area contributed by atoms with Crippen molar-refractivity contribution in [3.05, 3.63) is 12.2 Å². The summed E-state index contributed by atoms with van der Waals surface area (Å²) in [6, 6.07) is 0.0873. The van der Waals surface area contributed by atoms with E-state index in [0.717, 1.165) is 45.1 Å². The number of nitrogens with one attached hydrogen (secondary N) is 1. The molecule has 116 valence electrons. The molecular weight excluding hydrogens is 264 g/mol. The van der Waals surface area contributed by atoms with E-state index in [1.807, 2.05) is 4.90 Å². The molecular formula is C17H26N2O2. The number of rotatable bonds is 0. The van der Waals surface area contributed by atoms with Gasteiger partial charge in [0, 0.05) is 19.0 Å². The minimum Gasteiger partial charge on any atom is -0.351 e. The van der Waals surface area contributed by atoms with E-state index >= 15 is 0 Å². The first-order valence-corrected chi connectivity index (χ1v) is 8.52. The molecule has 2 heterocycles. The van der Waals surface area contributed by atoms with Crippen LogP contribution in [0.5, 0.6) is 0 Å². The fourth-order valence-electron chi connectivity index (χ4n) is 3.52. The molecule has 21 heavy (non-hydrogen) atoms. The average Bonchev–Trinajstić information content (AvgIpc) is 3.01. The molecule has 0 bridgehead atoms. The van der Waals surface area contributed by atoms with Crippen molar-refractivity contribution < 1.29 is 9.59 Å². The van der Waals surface area contributed by atoms with Crippen molar-refractivity contribution in [1.29, 1.82) is 0 Å². The second-order valence-corrected chi connectivity index (χ2v) is 6.64. The second-order valence-electron chi connectivity index (χ2n) is 6.64. The maximum atomic E-state index is 12.4. The van der Waals surface area contributed by atoms with Crippen LogP contribution in [0.1, 0.15) is 57.8 Å². The van der Waals surface area contributed by atoms with Crippen molar-refractivity contribution in [2.45, 2.75) is 69.9 Å². The molecule has 2 aliphatic heterocycles. The van der Waals surface area contributed by atoms with Crippen molar-refractivity contribution >= 4 is 11.8 Å². The lowest BCUT2D eigenvalue weighted by Gasteiger charge is -2.24. The molecule has 4 nitrogen and oxygen atoms in total. The molecule has 2 unspecified atom stereocenters. The molecule has 2 amide bonds. The lowest BCUT2D eigenvalue weighted by molar-refractivity contribution is -0.138. The Hall–Kier alpha value is -1.32. The fraction of sp³-hybridized carbons (Fsp3) is 0.765. The number of nitrogens with zero attached hydrogens (tertiary/aromatic N) is 1. The van der Waals surface area contributed by atoms with Gasteiger partial charge in [-0.15, -0.1) is 0 Å². The Kier molecular flexibility index (Phi) is 4.61. The van der Waals surface area contributed by atoms with Crippen molar-refractivity contribution in [1.82, 2.24) is 10.2 Å². The smallest absolute Gasteiger partial charge is 0.243 e. The standard InChI is InChI=1S/C17H26N2O2/c20-16-10-6-4-2-1-3-5-8-13-12-14(13)18-17(21)15-9-7-11-19(15)16/h5,8,13-15H,1-4,6-7,9-12H2,(H,18,21)/b8-5-/t13-,14?,15?/m1/s1. The SMILES string of the molecule is O=C1NC2C[C@H]2/C=C\CCCCCCC(=O)N2CCCC12. The molecule has 0 aromatic carbocycles. The second kappa shape index (κ2) is 6.63. The summed E-state index contributed by atoms with van der Waals surface area (Å²) < 4.78 is 0.